The van der Waals surface area contributed by atoms with Crippen LogP contribution in [-0.4, -0.2) is 245 Å². The number of morpholine rings is 3. The standard InChI is InChI=1S/2C29H42N6O3.C28H41N7O4/c2*1-19(18-37-5)32-28-31-16-25-23(15-24(35(25)33-28)20-6-8-22(36)9-7-20)21-10-11-30-27(14-21)34-12-13-38-26(17-34)29(2,3)4;1-19(18-38-5)31-26-29-16-24-22(14-23(35(24)32-26)20-6-8-28(4,37)9-7-20)21-15-30-34(17-21)27(2,3)25(36)33-10-12-39-13-11-33/h2*10-11,14-16,19-20,22,26,36H,6-9,12-13,17-18H2,1-5H3,(H,32,33);14-17,19-20,37H,6-13,18H2,1-5H3,(H,31,32)/t19-,20?,22?,26?;19-,20?,22?,26-;19-,20?,28?/m000/s1. The Bertz CT molecular complexity index is 4490. The van der Waals surface area contributed by atoms with Gasteiger partial charge in [-0.1, -0.05) is 41.5 Å². The molecule has 29 nitrogen and oxygen atoms in total. The number of amides is 1. The number of ether oxygens (including phenoxy) is 6. The number of pyridine rings is 2. The lowest BCUT2D eigenvalue weighted by atomic mass is 9.78. The first-order valence-electron chi connectivity index (χ1n) is 41.6. The van der Waals surface area contributed by atoms with Gasteiger partial charge in [-0.25, -0.2) is 38.5 Å². The molecule has 29 heteroatoms. The predicted octanol–water partition coefficient (Wildman–Crippen LogP) is 12.1. The number of hydrogen-bond donors (Lipinski definition) is 6. The largest absolute Gasteiger partial charge is 0.393 e. The molecule has 12 heterocycles. The summed E-state index contributed by atoms with van der Waals surface area (Å²) < 4.78 is 41.2. The van der Waals surface area contributed by atoms with Crippen molar-refractivity contribution in [1.29, 1.82) is 0 Å². The molecule has 115 heavy (non-hydrogen) atoms. The Balaban J connectivity index is 0.000000150. The van der Waals surface area contributed by atoms with E-state index < -0.39 is 11.1 Å². The van der Waals surface area contributed by atoms with Crippen LogP contribution < -0.4 is 25.8 Å². The van der Waals surface area contributed by atoms with Crippen molar-refractivity contribution >= 4 is 51.9 Å². The number of carbonyl (C=O) groups excluding carboxylic acids is 1. The number of nitrogens with zero attached hydrogens (tertiary/aromatic N) is 16. The second-order valence-corrected chi connectivity index (χ2v) is 35.7. The minimum absolute atomic E-state index is 0.0290. The third kappa shape index (κ3) is 20.2. The number of fused-ring (bicyclic) bond motifs is 3. The number of aliphatic hydroxyl groups is 3. The molecule has 6 N–H and O–H groups in total. The van der Waals surface area contributed by atoms with Crippen molar-refractivity contribution in [2.45, 2.75) is 232 Å². The first-order chi connectivity index (χ1) is 55.0. The van der Waals surface area contributed by atoms with Crippen molar-refractivity contribution in [3.63, 3.8) is 0 Å². The van der Waals surface area contributed by atoms with Crippen LogP contribution in [-0.2, 0) is 38.8 Å². The molecule has 5 atom stereocenters. The summed E-state index contributed by atoms with van der Waals surface area (Å²) in [4.78, 5) is 43.3. The van der Waals surface area contributed by atoms with Gasteiger partial charge >= 0.3 is 0 Å². The van der Waals surface area contributed by atoms with E-state index in [0.29, 0.717) is 89.0 Å². The molecule has 3 aliphatic heterocycles. The maximum atomic E-state index is 13.4. The van der Waals surface area contributed by atoms with Crippen LogP contribution >= 0.6 is 0 Å². The highest BCUT2D eigenvalue weighted by Gasteiger charge is 2.39. The van der Waals surface area contributed by atoms with Crippen LogP contribution in [0.2, 0.25) is 0 Å². The van der Waals surface area contributed by atoms with Gasteiger partial charge in [0.15, 0.2) is 0 Å². The van der Waals surface area contributed by atoms with Gasteiger partial charge in [-0.15, -0.1) is 15.3 Å². The molecule has 3 saturated heterocycles. The average Bonchev–Trinajstić information content (AvgIpc) is 1.62. The van der Waals surface area contributed by atoms with Gasteiger partial charge in [0, 0.05) is 154 Å². The summed E-state index contributed by atoms with van der Waals surface area (Å²) in [5, 5.41) is 60.1. The zero-order valence-electron chi connectivity index (χ0n) is 70.4. The summed E-state index contributed by atoms with van der Waals surface area (Å²) in [5.74, 6) is 4.60. The molecule has 9 aromatic heterocycles. The molecular weight excluding hydrogens is 1460 g/mol. The van der Waals surface area contributed by atoms with Gasteiger partial charge < -0.3 is 74.4 Å². The smallest absolute Gasteiger partial charge is 0.250 e. The molecular formula is C86H125N19O10. The Labute approximate surface area is 677 Å². The van der Waals surface area contributed by atoms with Gasteiger partial charge in [-0.2, -0.15) is 5.10 Å². The summed E-state index contributed by atoms with van der Waals surface area (Å²) in [7, 11) is 5.06. The van der Waals surface area contributed by atoms with Crippen molar-refractivity contribution < 1.29 is 48.5 Å². The number of nitrogens with one attached hydrogen (secondary N) is 3. The van der Waals surface area contributed by atoms with Gasteiger partial charge in [0.1, 0.15) is 17.2 Å². The van der Waals surface area contributed by atoms with Crippen molar-refractivity contribution in [3.05, 3.63) is 103 Å². The van der Waals surface area contributed by atoms with Gasteiger partial charge in [0.2, 0.25) is 23.8 Å². The molecule has 15 rings (SSSR count). The number of aliphatic hydroxyl groups excluding tert-OH is 2. The minimum atomic E-state index is -0.839. The van der Waals surface area contributed by atoms with E-state index in [0.717, 1.165) is 170 Å². The topological polar surface area (TPSA) is 313 Å². The number of anilines is 5. The zero-order valence-corrected chi connectivity index (χ0v) is 70.4. The van der Waals surface area contributed by atoms with E-state index in [1.165, 1.54) is 11.4 Å². The molecule has 6 aliphatic rings. The second-order valence-electron chi connectivity index (χ2n) is 35.7. The van der Waals surface area contributed by atoms with Crippen LogP contribution in [0.15, 0.2) is 85.8 Å². The molecule has 1 amide bonds. The number of aromatic nitrogens is 13. The highest BCUT2D eigenvalue weighted by molar-refractivity contribution is 5.86. The second kappa shape index (κ2) is 36.6. The minimum Gasteiger partial charge on any atom is -0.393 e. The lowest BCUT2D eigenvalue weighted by molar-refractivity contribution is -0.143. The van der Waals surface area contributed by atoms with E-state index in [4.69, 9.17) is 53.7 Å². The molecule has 3 aliphatic carbocycles. The van der Waals surface area contributed by atoms with Gasteiger partial charge in [-0.3, -0.25) is 9.48 Å². The molecule has 3 saturated carbocycles. The van der Waals surface area contributed by atoms with Crippen LogP contribution in [0, 0.1) is 10.8 Å². The molecule has 0 aromatic carbocycles. The van der Waals surface area contributed by atoms with E-state index in [1.54, 1.807) is 26.0 Å². The molecule has 1 unspecified atom stereocenters. The SMILES string of the molecule is COC[C@H](C)Nc1ncc2c(-c3ccnc(N4CCOC(C(C)(C)C)C4)c3)cc(C3CCC(O)CC3)n2n1.COC[C@H](C)Nc1ncc2c(-c3ccnc(N4CCO[C@H](C(C)(C)C)C4)c3)cc(C3CCC(O)CC3)n2n1.COC[C@H](C)Nc1ncc2c(-c3cnn(C(C)(C)C(=O)N4CCOCC4)c3)cc(C3CCC(C)(O)CC3)n2n1. The van der Waals surface area contributed by atoms with Gasteiger partial charge in [-0.05, 0) is 183 Å². The number of rotatable bonds is 22. The highest BCUT2D eigenvalue weighted by Crippen LogP contribution is 2.44. The first-order valence-corrected chi connectivity index (χ1v) is 41.6. The summed E-state index contributed by atoms with van der Waals surface area (Å²) in [5.41, 5.74) is 11.2. The van der Waals surface area contributed by atoms with Crippen LogP contribution in [0.3, 0.4) is 0 Å². The molecule has 6 fully saturated rings. The molecule has 9 aromatic rings. The van der Waals surface area contributed by atoms with Gasteiger partial charge in [0.25, 0.3) is 0 Å². The van der Waals surface area contributed by atoms with Crippen LogP contribution in [0.25, 0.3) is 49.9 Å². The summed E-state index contributed by atoms with van der Waals surface area (Å²) in [6.45, 7) is 33.9. The molecule has 624 valence electrons. The van der Waals surface area contributed by atoms with Gasteiger partial charge in [0.05, 0.1) is 118 Å². The Morgan fingerprint density at radius 2 is 0.904 bits per heavy atom. The monoisotopic (exact) mass is 1580 g/mol. The van der Waals surface area contributed by atoms with Crippen molar-refractivity contribution in [2.24, 2.45) is 10.8 Å². The van der Waals surface area contributed by atoms with Crippen LogP contribution in [0.4, 0.5) is 29.5 Å². The molecule has 0 bridgehead atoms. The van der Waals surface area contributed by atoms with Crippen molar-refractivity contribution in [2.75, 3.05) is 133 Å². The van der Waals surface area contributed by atoms with Crippen molar-refractivity contribution in [1.82, 2.24) is 68.4 Å². The molecule has 0 radical (unpaired) electrons. The predicted molar refractivity (Wildman–Crippen MR) is 447 cm³/mol. The van der Waals surface area contributed by atoms with E-state index in [1.807, 2.05) is 80.5 Å². The lowest BCUT2D eigenvalue weighted by Crippen LogP contribution is -2.51. The Kier molecular flexibility index (Phi) is 26.8. The van der Waals surface area contributed by atoms with Crippen LogP contribution in [0.1, 0.15) is 195 Å². The number of carbonyl (C=O) groups is 1. The Hall–Kier alpha value is -8.52. The summed E-state index contributed by atoms with van der Waals surface area (Å²) >= 11 is 0. The maximum Gasteiger partial charge on any atom is 0.250 e. The normalized spacial score (nSPS) is 23.4. The fourth-order valence-corrected chi connectivity index (χ4v) is 16.9. The third-order valence-corrected chi connectivity index (χ3v) is 23.8. The maximum absolute atomic E-state index is 13.4. The summed E-state index contributed by atoms with van der Waals surface area (Å²) in [6, 6.07) is 15.5. The quantitative estimate of drug-likeness (QED) is 0.0367. The number of hydrogen-bond acceptors (Lipinski definition) is 24. The van der Waals surface area contributed by atoms with E-state index in [2.05, 4.69) is 153 Å². The lowest BCUT2D eigenvalue weighted by Gasteiger charge is -2.40. The highest BCUT2D eigenvalue weighted by atomic mass is 16.5. The van der Waals surface area contributed by atoms with Crippen LogP contribution in [0.5, 0.6) is 0 Å². The van der Waals surface area contributed by atoms with E-state index >= 15 is 0 Å². The fraction of sp³-hybridized carbons (Fsp3) is 0.628. The van der Waals surface area contributed by atoms with E-state index in [-0.39, 0.29) is 65.2 Å². The first kappa shape index (κ1) is 84.4. The van der Waals surface area contributed by atoms with E-state index in [9.17, 15) is 20.1 Å². The number of methoxy groups -OCH3 is 3. The third-order valence-electron chi connectivity index (χ3n) is 23.8. The fourth-order valence-electron chi connectivity index (χ4n) is 16.9. The Morgan fingerprint density at radius 3 is 1.29 bits per heavy atom. The zero-order chi connectivity index (χ0) is 81.5. The molecule has 0 spiro atoms. The summed E-state index contributed by atoms with van der Waals surface area (Å²) in [6.07, 6.45) is 23.4. The average molecular weight is 1590 g/mol. The van der Waals surface area contributed by atoms with Crippen molar-refractivity contribution in [3.8, 4) is 33.4 Å². The Morgan fingerprint density at radius 1 is 0.522 bits per heavy atom.